The Bertz CT molecular complexity index is 613. The molecular formula is C19H24N2O. The summed E-state index contributed by atoms with van der Waals surface area (Å²) >= 11 is 0. The summed E-state index contributed by atoms with van der Waals surface area (Å²) in [5.74, 6) is 0.972. The van der Waals surface area contributed by atoms with E-state index in [0.717, 1.165) is 12.2 Å². The van der Waals surface area contributed by atoms with Crippen molar-refractivity contribution in [2.45, 2.75) is 32.2 Å². The van der Waals surface area contributed by atoms with E-state index in [1.165, 1.54) is 24.0 Å². The largest absolute Gasteiger partial charge is 0.508 e. The van der Waals surface area contributed by atoms with Gasteiger partial charge in [0.15, 0.2) is 0 Å². The molecule has 2 aromatic rings. The van der Waals surface area contributed by atoms with Crippen LogP contribution >= 0.6 is 0 Å². The fourth-order valence-corrected chi connectivity index (χ4v) is 3.33. The molecule has 0 saturated heterocycles. The van der Waals surface area contributed by atoms with E-state index in [-0.39, 0.29) is 0 Å². The zero-order chi connectivity index (χ0) is 15.6. The van der Waals surface area contributed by atoms with Gasteiger partial charge in [-0.25, -0.2) is 0 Å². The van der Waals surface area contributed by atoms with Gasteiger partial charge in [0.25, 0.3) is 0 Å². The quantitative estimate of drug-likeness (QED) is 0.735. The molecule has 1 saturated carbocycles. The lowest BCUT2D eigenvalue weighted by atomic mass is 9.61. The molecule has 0 unspecified atom stereocenters. The van der Waals surface area contributed by atoms with Crippen molar-refractivity contribution in [2.24, 2.45) is 11.1 Å². The van der Waals surface area contributed by atoms with Crippen LogP contribution in [0.3, 0.4) is 0 Å². The number of aromatic hydroxyl groups is 1. The summed E-state index contributed by atoms with van der Waals surface area (Å²) in [5, 5.41) is 12.8. The maximum Gasteiger partial charge on any atom is 0.115 e. The standard InChI is InChI=1S/C19H24N2O/c1-19(13-21-17-6-8-18(22)9-7-17)10-16(11-19)15-4-2-14(12-20)3-5-15/h2-9,16,21-22H,10-13,20H2,1H3. The number of benzene rings is 2. The van der Waals surface area contributed by atoms with Crippen LogP contribution < -0.4 is 11.1 Å². The molecule has 0 spiro atoms. The van der Waals surface area contributed by atoms with Gasteiger partial charge >= 0.3 is 0 Å². The first-order valence-corrected chi connectivity index (χ1v) is 7.90. The lowest BCUT2D eigenvalue weighted by Crippen LogP contribution is -2.38. The van der Waals surface area contributed by atoms with Crippen LogP contribution in [0.5, 0.6) is 5.75 Å². The molecule has 3 rings (SSSR count). The fraction of sp³-hybridized carbons (Fsp3) is 0.368. The van der Waals surface area contributed by atoms with E-state index in [1.807, 2.05) is 12.1 Å². The third kappa shape index (κ3) is 3.25. The highest BCUT2D eigenvalue weighted by atomic mass is 16.3. The summed E-state index contributed by atoms with van der Waals surface area (Å²) in [6.45, 7) is 3.92. The predicted octanol–water partition coefficient (Wildman–Crippen LogP) is 3.85. The number of hydrogen-bond acceptors (Lipinski definition) is 3. The van der Waals surface area contributed by atoms with Crippen LogP contribution in [0, 0.1) is 5.41 Å². The highest BCUT2D eigenvalue weighted by Crippen LogP contribution is 2.50. The highest BCUT2D eigenvalue weighted by Gasteiger charge is 2.40. The average Bonchev–Trinajstić information content (AvgIpc) is 2.52. The number of nitrogens with one attached hydrogen (secondary N) is 1. The Morgan fingerprint density at radius 3 is 2.32 bits per heavy atom. The first kappa shape index (κ1) is 14.9. The van der Waals surface area contributed by atoms with Crippen LogP contribution in [0.15, 0.2) is 48.5 Å². The first-order valence-electron chi connectivity index (χ1n) is 7.90. The van der Waals surface area contributed by atoms with Gasteiger partial charge in [0, 0.05) is 18.8 Å². The third-order valence-electron chi connectivity index (χ3n) is 4.75. The van der Waals surface area contributed by atoms with Crippen LogP contribution in [0.25, 0.3) is 0 Å². The molecule has 0 atom stereocenters. The lowest BCUT2D eigenvalue weighted by Gasteiger charge is -2.46. The van der Waals surface area contributed by atoms with E-state index in [4.69, 9.17) is 5.73 Å². The number of anilines is 1. The molecule has 3 nitrogen and oxygen atoms in total. The summed E-state index contributed by atoms with van der Waals surface area (Å²) in [6.07, 6.45) is 2.42. The minimum atomic E-state index is 0.307. The molecule has 0 bridgehead atoms. The number of phenols is 1. The van der Waals surface area contributed by atoms with Crippen molar-refractivity contribution in [1.29, 1.82) is 0 Å². The van der Waals surface area contributed by atoms with Gasteiger partial charge in [-0.15, -0.1) is 0 Å². The van der Waals surface area contributed by atoms with E-state index in [0.29, 0.717) is 23.6 Å². The van der Waals surface area contributed by atoms with Gasteiger partial charge < -0.3 is 16.2 Å². The molecule has 0 amide bonds. The second kappa shape index (κ2) is 6.01. The molecule has 1 fully saturated rings. The average molecular weight is 296 g/mol. The summed E-state index contributed by atoms with van der Waals surface area (Å²) in [6, 6.07) is 16.0. The predicted molar refractivity (Wildman–Crippen MR) is 91.0 cm³/mol. The van der Waals surface area contributed by atoms with Gasteiger partial charge in [0.1, 0.15) is 5.75 Å². The van der Waals surface area contributed by atoms with E-state index < -0.39 is 0 Å². The molecule has 116 valence electrons. The van der Waals surface area contributed by atoms with Crippen LogP contribution in [-0.2, 0) is 6.54 Å². The smallest absolute Gasteiger partial charge is 0.115 e. The van der Waals surface area contributed by atoms with Crippen LogP contribution in [0.1, 0.15) is 36.8 Å². The maximum atomic E-state index is 9.30. The second-order valence-corrected chi connectivity index (χ2v) is 6.76. The number of phenolic OH excluding ortho intramolecular Hbond substituents is 1. The Balaban J connectivity index is 1.53. The van der Waals surface area contributed by atoms with E-state index in [1.54, 1.807) is 12.1 Å². The second-order valence-electron chi connectivity index (χ2n) is 6.76. The Labute approximate surface area is 132 Å². The minimum absolute atomic E-state index is 0.307. The summed E-state index contributed by atoms with van der Waals surface area (Å²) in [4.78, 5) is 0. The van der Waals surface area contributed by atoms with Crippen molar-refractivity contribution in [3.8, 4) is 5.75 Å². The van der Waals surface area contributed by atoms with Crippen LogP contribution in [-0.4, -0.2) is 11.7 Å². The fourth-order valence-electron chi connectivity index (χ4n) is 3.33. The van der Waals surface area contributed by atoms with Gasteiger partial charge in [-0.1, -0.05) is 31.2 Å². The Kier molecular flexibility index (Phi) is 4.08. The Morgan fingerprint density at radius 1 is 1.09 bits per heavy atom. The summed E-state index contributed by atoms with van der Waals surface area (Å²) in [7, 11) is 0. The van der Waals surface area contributed by atoms with Crippen molar-refractivity contribution in [3.05, 3.63) is 59.7 Å². The van der Waals surface area contributed by atoms with Crippen LogP contribution in [0.2, 0.25) is 0 Å². The van der Waals surface area contributed by atoms with E-state index >= 15 is 0 Å². The van der Waals surface area contributed by atoms with Gasteiger partial charge in [-0.05, 0) is 59.6 Å². The third-order valence-corrected chi connectivity index (χ3v) is 4.75. The van der Waals surface area contributed by atoms with Gasteiger partial charge in [0.2, 0.25) is 0 Å². The van der Waals surface area contributed by atoms with E-state index in [2.05, 4.69) is 36.5 Å². The minimum Gasteiger partial charge on any atom is -0.508 e. The SMILES string of the molecule is CC1(CNc2ccc(O)cc2)CC(c2ccc(CN)cc2)C1. The number of rotatable bonds is 5. The van der Waals surface area contributed by atoms with Crippen molar-refractivity contribution >= 4 is 5.69 Å². The number of nitrogens with two attached hydrogens (primary N) is 1. The molecule has 0 aromatic heterocycles. The Hall–Kier alpha value is -2.00. The monoisotopic (exact) mass is 296 g/mol. The zero-order valence-electron chi connectivity index (χ0n) is 13.0. The topological polar surface area (TPSA) is 58.3 Å². The first-order chi connectivity index (χ1) is 10.6. The van der Waals surface area contributed by atoms with Gasteiger partial charge in [-0.3, -0.25) is 0 Å². The molecule has 3 heteroatoms. The van der Waals surface area contributed by atoms with Gasteiger partial charge in [0.05, 0.1) is 0 Å². The van der Waals surface area contributed by atoms with Crippen molar-refractivity contribution in [1.82, 2.24) is 0 Å². The number of hydrogen-bond donors (Lipinski definition) is 3. The van der Waals surface area contributed by atoms with E-state index in [9.17, 15) is 5.11 Å². The lowest BCUT2D eigenvalue weighted by molar-refractivity contribution is 0.142. The van der Waals surface area contributed by atoms with Crippen molar-refractivity contribution in [2.75, 3.05) is 11.9 Å². The molecule has 0 heterocycles. The van der Waals surface area contributed by atoms with Crippen LogP contribution in [0.4, 0.5) is 5.69 Å². The molecule has 0 aliphatic heterocycles. The zero-order valence-corrected chi connectivity index (χ0v) is 13.0. The summed E-state index contributed by atoms with van der Waals surface area (Å²) < 4.78 is 0. The maximum absolute atomic E-state index is 9.30. The Morgan fingerprint density at radius 2 is 1.73 bits per heavy atom. The highest BCUT2D eigenvalue weighted by molar-refractivity contribution is 5.46. The molecule has 4 N–H and O–H groups in total. The van der Waals surface area contributed by atoms with Crippen molar-refractivity contribution < 1.29 is 5.11 Å². The molecule has 1 aliphatic carbocycles. The molecule has 2 aromatic carbocycles. The summed E-state index contributed by atoms with van der Waals surface area (Å²) in [5.41, 5.74) is 9.68. The molecule has 22 heavy (non-hydrogen) atoms. The normalized spacial score (nSPS) is 23.8. The molecule has 1 aliphatic rings. The molecule has 0 radical (unpaired) electrons. The van der Waals surface area contributed by atoms with Crippen molar-refractivity contribution in [3.63, 3.8) is 0 Å². The molecular weight excluding hydrogens is 272 g/mol. The van der Waals surface area contributed by atoms with Gasteiger partial charge in [-0.2, -0.15) is 0 Å².